The Balaban J connectivity index is 1.16. The van der Waals surface area contributed by atoms with Crippen molar-refractivity contribution in [1.29, 1.82) is 0 Å². The van der Waals surface area contributed by atoms with Crippen molar-refractivity contribution >= 4 is 60.2 Å². The van der Waals surface area contributed by atoms with Gasteiger partial charge in [0.25, 0.3) is 0 Å². The van der Waals surface area contributed by atoms with Crippen molar-refractivity contribution in [2.75, 3.05) is 4.90 Å². The average Bonchev–Trinajstić information content (AvgIpc) is 3.32. The summed E-state index contributed by atoms with van der Waals surface area (Å²) in [6.07, 6.45) is 0. The van der Waals surface area contributed by atoms with Crippen LogP contribution in [0.25, 0.3) is 87.6 Å². The first-order valence-electron chi connectivity index (χ1n) is 20.3. The average molecular weight is 750 g/mol. The lowest BCUT2D eigenvalue weighted by Crippen LogP contribution is -2.11. The predicted octanol–water partition coefficient (Wildman–Crippen LogP) is 16.4. The topological polar surface area (TPSA) is 3.24 Å². The van der Waals surface area contributed by atoms with Crippen LogP contribution in [0.2, 0.25) is 0 Å². The molecule has 0 heterocycles. The van der Waals surface area contributed by atoms with E-state index in [4.69, 9.17) is 0 Å². The zero-order valence-electron chi connectivity index (χ0n) is 32.5. The maximum Gasteiger partial charge on any atom is 0.0546 e. The Morgan fingerprint density at radius 1 is 0.220 bits per heavy atom. The summed E-state index contributed by atoms with van der Waals surface area (Å²) in [7, 11) is 0. The minimum atomic E-state index is 1.09. The molecule has 0 saturated carbocycles. The van der Waals surface area contributed by atoms with Crippen LogP contribution in [0.4, 0.5) is 17.1 Å². The highest BCUT2D eigenvalue weighted by molar-refractivity contribution is 6.21. The second-order valence-corrected chi connectivity index (χ2v) is 15.3. The molecule has 0 atom stereocenters. The molecule has 0 spiro atoms. The van der Waals surface area contributed by atoms with Crippen LogP contribution in [-0.4, -0.2) is 0 Å². The molecule has 276 valence electrons. The van der Waals surface area contributed by atoms with E-state index in [0.29, 0.717) is 0 Å². The molecule has 0 saturated heterocycles. The van der Waals surface area contributed by atoms with Crippen LogP contribution < -0.4 is 4.90 Å². The Bertz CT molecular complexity index is 3310. The normalized spacial score (nSPS) is 11.4. The van der Waals surface area contributed by atoms with Gasteiger partial charge in [-0.1, -0.05) is 194 Å². The molecule has 0 N–H and O–H groups in total. The first-order chi connectivity index (χ1) is 29.2. The summed E-state index contributed by atoms with van der Waals surface area (Å²) in [5, 5.41) is 10.0. The monoisotopic (exact) mass is 749 g/mol. The molecule has 0 bridgehead atoms. The van der Waals surface area contributed by atoms with Crippen molar-refractivity contribution in [2.24, 2.45) is 0 Å². The molecule has 0 aliphatic rings. The van der Waals surface area contributed by atoms with Crippen LogP contribution in [0.5, 0.6) is 0 Å². The molecular weight excluding hydrogens is 711 g/mol. The summed E-state index contributed by atoms with van der Waals surface area (Å²) in [6, 6.07) is 86.4. The largest absolute Gasteiger partial charge is 0.310 e. The van der Waals surface area contributed by atoms with E-state index in [9.17, 15) is 0 Å². The zero-order valence-corrected chi connectivity index (χ0v) is 32.5. The van der Waals surface area contributed by atoms with Gasteiger partial charge in [0.2, 0.25) is 0 Å². The van der Waals surface area contributed by atoms with Crippen LogP contribution >= 0.6 is 0 Å². The SMILES string of the molecule is c1ccc(-c2ccc(N(c3cccc(-c4ccc5ccccc5c4)c3)c3cc(-c4cc5c6ccccc6ccc5c5ccccc45)ccc3-c3ccccc3)cc2)cc1. The molecular formula is C58H39N. The maximum absolute atomic E-state index is 2.45. The molecule has 11 aromatic rings. The fraction of sp³-hybridized carbons (Fsp3) is 0. The Morgan fingerprint density at radius 3 is 1.58 bits per heavy atom. The summed E-state index contributed by atoms with van der Waals surface area (Å²) < 4.78 is 0. The summed E-state index contributed by atoms with van der Waals surface area (Å²) in [6.45, 7) is 0. The van der Waals surface area contributed by atoms with Crippen molar-refractivity contribution in [3.8, 4) is 44.5 Å². The number of fused-ring (bicyclic) bond motifs is 6. The number of nitrogens with zero attached hydrogens (tertiary/aromatic N) is 1. The van der Waals surface area contributed by atoms with E-state index in [1.54, 1.807) is 0 Å². The van der Waals surface area contributed by atoms with E-state index in [1.165, 1.54) is 82.0 Å². The van der Waals surface area contributed by atoms with Gasteiger partial charge in [0, 0.05) is 16.9 Å². The second-order valence-electron chi connectivity index (χ2n) is 15.3. The van der Waals surface area contributed by atoms with Crippen LogP contribution in [0.15, 0.2) is 237 Å². The Labute approximate surface area is 344 Å². The van der Waals surface area contributed by atoms with Gasteiger partial charge in [-0.2, -0.15) is 0 Å². The Kier molecular flexibility index (Phi) is 8.56. The zero-order chi connectivity index (χ0) is 39.1. The first-order valence-corrected chi connectivity index (χ1v) is 20.3. The van der Waals surface area contributed by atoms with E-state index in [0.717, 1.165) is 22.6 Å². The van der Waals surface area contributed by atoms with Gasteiger partial charge in [0.1, 0.15) is 0 Å². The van der Waals surface area contributed by atoms with Gasteiger partial charge in [0.15, 0.2) is 0 Å². The van der Waals surface area contributed by atoms with Gasteiger partial charge in [-0.25, -0.2) is 0 Å². The molecule has 0 aliphatic carbocycles. The summed E-state index contributed by atoms with van der Waals surface area (Å²) >= 11 is 0. The van der Waals surface area contributed by atoms with Gasteiger partial charge < -0.3 is 4.90 Å². The van der Waals surface area contributed by atoms with Gasteiger partial charge in [-0.15, -0.1) is 0 Å². The molecule has 1 heteroatoms. The van der Waals surface area contributed by atoms with Crippen molar-refractivity contribution in [3.05, 3.63) is 237 Å². The predicted molar refractivity (Wildman–Crippen MR) is 253 cm³/mol. The minimum absolute atomic E-state index is 1.09. The highest BCUT2D eigenvalue weighted by atomic mass is 15.1. The third-order valence-electron chi connectivity index (χ3n) is 11.8. The molecule has 1 nitrogen and oxygen atoms in total. The molecule has 0 fully saturated rings. The van der Waals surface area contributed by atoms with Crippen LogP contribution in [-0.2, 0) is 0 Å². The number of hydrogen-bond donors (Lipinski definition) is 0. The summed E-state index contributed by atoms with van der Waals surface area (Å²) in [4.78, 5) is 2.45. The fourth-order valence-corrected chi connectivity index (χ4v) is 8.90. The summed E-state index contributed by atoms with van der Waals surface area (Å²) in [5.41, 5.74) is 12.7. The third kappa shape index (κ3) is 6.30. The van der Waals surface area contributed by atoms with Crippen LogP contribution in [0, 0.1) is 0 Å². The van der Waals surface area contributed by atoms with Gasteiger partial charge in [-0.05, 0) is 124 Å². The van der Waals surface area contributed by atoms with Gasteiger partial charge >= 0.3 is 0 Å². The molecule has 0 amide bonds. The van der Waals surface area contributed by atoms with Gasteiger partial charge in [-0.3, -0.25) is 0 Å². The van der Waals surface area contributed by atoms with Crippen molar-refractivity contribution in [2.45, 2.75) is 0 Å². The number of rotatable bonds is 7. The maximum atomic E-state index is 2.45. The van der Waals surface area contributed by atoms with E-state index >= 15 is 0 Å². The lowest BCUT2D eigenvalue weighted by molar-refractivity contribution is 1.28. The first kappa shape index (κ1) is 34.5. The molecule has 0 aliphatic heterocycles. The smallest absolute Gasteiger partial charge is 0.0546 e. The quantitative estimate of drug-likeness (QED) is 0.147. The number of hydrogen-bond acceptors (Lipinski definition) is 1. The number of benzene rings is 11. The summed E-state index contributed by atoms with van der Waals surface area (Å²) in [5.74, 6) is 0. The van der Waals surface area contributed by atoms with E-state index in [1.807, 2.05) is 0 Å². The Morgan fingerprint density at radius 2 is 0.780 bits per heavy atom. The molecule has 11 aromatic carbocycles. The fourth-order valence-electron chi connectivity index (χ4n) is 8.90. The molecule has 59 heavy (non-hydrogen) atoms. The number of anilines is 3. The highest BCUT2D eigenvalue weighted by Gasteiger charge is 2.21. The van der Waals surface area contributed by atoms with Crippen LogP contribution in [0.1, 0.15) is 0 Å². The molecule has 0 radical (unpaired) electrons. The van der Waals surface area contributed by atoms with Crippen LogP contribution in [0.3, 0.4) is 0 Å². The molecule has 11 rings (SSSR count). The lowest BCUT2D eigenvalue weighted by Gasteiger charge is -2.29. The van der Waals surface area contributed by atoms with E-state index in [2.05, 4.69) is 241 Å². The third-order valence-corrected chi connectivity index (χ3v) is 11.8. The molecule has 0 aromatic heterocycles. The Hall–Kier alpha value is -7.74. The standard InChI is InChI=1S/C58H39N/c1-3-14-40(15-4-1)42-28-32-49(33-29-42)59(50-22-13-21-46(37-50)47-27-26-41-16-7-8-20-45(41)36-47)58-38-48(31-34-52(58)43-17-5-2-6-18-43)56-39-57-51-23-10-9-19-44(51)30-35-55(57)53-24-11-12-25-54(53)56/h1-39H. The van der Waals surface area contributed by atoms with Crippen molar-refractivity contribution < 1.29 is 0 Å². The lowest BCUT2D eigenvalue weighted by atomic mass is 9.89. The van der Waals surface area contributed by atoms with Crippen molar-refractivity contribution in [3.63, 3.8) is 0 Å². The minimum Gasteiger partial charge on any atom is -0.310 e. The molecule has 0 unspecified atom stereocenters. The second kappa shape index (κ2) is 14.6. The van der Waals surface area contributed by atoms with Crippen molar-refractivity contribution in [1.82, 2.24) is 0 Å². The van der Waals surface area contributed by atoms with Gasteiger partial charge in [0.05, 0.1) is 5.69 Å². The highest BCUT2D eigenvalue weighted by Crippen LogP contribution is 2.46. The van der Waals surface area contributed by atoms with E-state index < -0.39 is 0 Å². The van der Waals surface area contributed by atoms with E-state index in [-0.39, 0.29) is 0 Å².